The van der Waals surface area contributed by atoms with Crippen LogP contribution in [0.5, 0.6) is 0 Å². The van der Waals surface area contributed by atoms with Crippen LogP contribution in [0.3, 0.4) is 0 Å². The summed E-state index contributed by atoms with van der Waals surface area (Å²) in [6.07, 6.45) is 4.98. The van der Waals surface area contributed by atoms with Gasteiger partial charge in [-0.1, -0.05) is 0 Å². The number of likely N-dealkylation sites (N-methyl/N-ethyl adjacent to an activating group) is 2. The molecule has 1 aliphatic carbocycles. The van der Waals surface area contributed by atoms with Gasteiger partial charge >= 0.3 is 0 Å². The summed E-state index contributed by atoms with van der Waals surface area (Å²) in [6.45, 7) is 6.84. The lowest BCUT2D eigenvalue weighted by atomic mass is 9.99. The second kappa shape index (κ2) is 6.53. The third-order valence-corrected chi connectivity index (χ3v) is 4.02. The molecule has 2 fully saturated rings. The highest BCUT2D eigenvalue weighted by atomic mass is 16.2. The summed E-state index contributed by atoms with van der Waals surface area (Å²) < 4.78 is 0. The average Bonchev–Trinajstić information content (AvgIpc) is 3.15. The van der Waals surface area contributed by atoms with E-state index in [1.807, 2.05) is 0 Å². The van der Waals surface area contributed by atoms with Gasteiger partial charge in [0.15, 0.2) is 0 Å². The number of amides is 1. The Morgan fingerprint density at radius 1 is 1.33 bits per heavy atom. The number of hydrogen-bond acceptors (Lipinski definition) is 3. The SMILES string of the molecule is CCN(C(=O)CN(C)CC1CCCNC1)C1CC1. The first-order valence-corrected chi connectivity index (χ1v) is 7.39. The van der Waals surface area contributed by atoms with Crippen LogP contribution in [0, 0.1) is 5.92 Å². The van der Waals surface area contributed by atoms with Crippen molar-refractivity contribution in [1.29, 1.82) is 0 Å². The lowest BCUT2D eigenvalue weighted by Crippen LogP contribution is -2.43. The minimum absolute atomic E-state index is 0.311. The molecule has 104 valence electrons. The van der Waals surface area contributed by atoms with Crippen molar-refractivity contribution in [2.75, 3.05) is 39.8 Å². The molecular formula is C14H27N3O. The number of carbonyl (C=O) groups excluding carboxylic acids is 1. The Bertz CT molecular complexity index is 272. The van der Waals surface area contributed by atoms with Gasteiger partial charge in [-0.3, -0.25) is 9.69 Å². The van der Waals surface area contributed by atoms with Crippen molar-refractivity contribution in [2.45, 2.75) is 38.6 Å². The zero-order chi connectivity index (χ0) is 13.0. The summed E-state index contributed by atoms with van der Waals surface area (Å²) in [5.41, 5.74) is 0. The maximum atomic E-state index is 12.2. The summed E-state index contributed by atoms with van der Waals surface area (Å²) in [5.74, 6) is 1.03. The van der Waals surface area contributed by atoms with E-state index in [0.29, 0.717) is 24.4 Å². The molecule has 1 saturated carbocycles. The Balaban J connectivity index is 1.71. The van der Waals surface area contributed by atoms with E-state index in [-0.39, 0.29) is 0 Å². The number of hydrogen-bond donors (Lipinski definition) is 1. The highest BCUT2D eigenvalue weighted by Gasteiger charge is 2.31. The van der Waals surface area contributed by atoms with Gasteiger partial charge < -0.3 is 10.2 Å². The van der Waals surface area contributed by atoms with Crippen LogP contribution in [-0.4, -0.2) is 61.5 Å². The summed E-state index contributed by atoms with van der Waals surface area (Å²) in [6, 6.07) is 0.548. The van der Waals surface area contributed by atoms with E-state index in [2.05, 4.69) is 29.1 Å². The molecule has 2 rings (SSSR count). The lowest BCUT2D eigenvalue weighted by molar-refractivity contribution is -0.132. The Kier molecular flexibility index (Phi) is 5.01. The molecule has 0 spiro atoms. The summed E-state index contributed by atoms with van der Waals surface area (Å²) >= 11 is 0. The minimum atomic E-state index is 0.311. The molecule has 1 heterocycles. The van der Waals surface area contributed by atoms with Gasteiger partial charge in [0.1, 0.15) is 0 Å². The van der Waals surface area contributed by atoms with E-state index in [1.165, 1.54) is 25.7 Å². The Morgan fingerprint density at radius 3 is 2.67 bits per heavy atom. The quantitative estimate of drug-likeness (QED) is 0.765. The average molecular weight is 253 g/mol. The Hall–Kier alpha value is -0.610. The van der Waals surface area contributed by atoms with Crippen molar-refractivity contribution < 1.29 is 4.79 Å². The summed E-state index contributed by atoms with van der Waals surface area (Å²) in [7, 11) is 2.08. The van der Waals surface area contributed by atoms with Gasteiger partial charge in [-0.25, -0.2) is 0 Å². The smallest absolute Gasteiger partial charge is 0.236 e. The van der Waals surface area contributed by atoms with Crippen LogP contribution in [0.15, 0.2) is 0 Å². The Labute approximate surface area is 111 Å². The molecule has 1 unspecified atom stereocenters. The van der Waals surface area contributed by atoms with E-state index in [4.69, 9.17) is 0 Å². The molecule has 1 saturated heterocycles. The lowest BCUT2D eigenvalue weighted by Gasteiger charge is -2.29. The molecule has 0 aromatic carbocycles. The van der Waals surface area contributed by atoms with Crippen molar-refractivity contribution in [3.63, 3.8) is 0 Å². The molecule has 18 heavy (non-hydrogen) atoms. The predicted octanol–water partition coefficient (Wildman–Crippen LogP) is 0.929. The maximum absolute atomic E-state index is 12.2. The van der Waals surface area contributed by atoms with Gasteiger partial charge in [-0.05, 0) is 58.7 Å². The monoisotopic (exact) mass is 253 g/mol. The number of carbonyl (C=O) groups is 1. The molecule has 0 radical (unpaired) electrons. The van der Waals surface area contributed by atoms with Crippen LogP contribution in [0.25, 0.3) is 0 Å². The molecule has 2 aliphatic rings. The van der Waals surface area contributed by atoms with Crippen molar-refractivity contribution in [1.82, 2.24) is 15.1 Å². The second-order valence-corrected chi connectivity index (χ2v) is 5.82. The topological polar surface area (TPSA) is 35.6 Å². The fourth-order valence-corrected chi connectivity index (χ4v) is 2.93. The molecule has 4 heteroatoms. The fourth-order valence-electron chi connectivity index (χ4n) is 2.93. The first-order valence-electron chi connectivity index (χ1n) is 7.39. The van der Waals surface area contributed by atoms with Gasteiger partial charge in [0, 0.05) is 19.1 Å². The highest BCUT2D eigenvalue weighted by Crippen LogP contribution is 2.26. The van der Waals surface area contributed by atoms with Crippen molar-refractivity contribution >= 4 is 5.91 Å². The molecular weight excluding hydrogens is 226 g/mol. The molecule has 1 aliphatic heterocycles. The first-order chi connectivity index (χ1) is 8.70. The van der Waals surface area contributed by atoms with E-state index >= 15 is 0 Å². The number of nitrogens with zero attached hydrogens (tertiary/aromatic N) is 2. The third kappa shape index (κ3) is 3.95. The maximum Gasteiger partial charge on any atom is 0.236 e. The Morgan fingerprint density at radius 2 is 2.11 bits per heavy atom. The van der Waals surface area contributed by atoms with Gasteiger partial charge in [-0.2, -0.15) is 0 Å². The van der Waals surface area contributed by atoms with Crippen molar-refractivity contribution in [2.24, 2.45) is 5.92 Å². The minimum Gasteiger partial charge on any atom is -0.339 e. The van der Waals surface area contributed by atoms with Crippen LogP contribution >= 0.6 is 0 Å². The number of rotatable bonds is 6. The predicted molar refractivity (Wildman–Crippen MR) is 73.5 cm³/mol. The van der Waals surface area contributed by atoms with Crippen LogP contribution < -0.4 is 5.32 Å². The zero-order valence-electron chi connectivity index (χ0n) is 11.8. The van der Waals surface area contributed by atoms with E-state index in [0.717, 1.165) is 26.2 Å². The van der Waals surface area contributed by atoms with Gasteiger partial charge in [0.25, 0.3) is 0 Å². The molecule has 1 amide bonds. The number of piperidine rings is 1. The largest absolute Gasteiger partial charge is 0.339 e. The summed E-state index contributed by atoms with van der Waals surface area (Å²) in [4.78, 5) is 16.4. The first kappa shape index (κ1) is 13.8. The second-order valence-electron chi connectivity index (χ2n) is 5.82. The molecule has 1 N–H and O–H groups in total. The third-order valence-electron chi connectivity index (χ3n) is 4.02. The standard InChI is InChI=1S/C14H27N3O/c1-3-17(13-6-7-13)14(18)11-16(2)10-12-5-4-8-15-9-12/h12-13,15H,3-11H2,1-2H3. The molecule has 0 aromatic rings. The molecule has 1 atom stereocenters. The van der Waals surface area contributed by atoms with Gasteiger partial charge in [0.2, 0.25) is 5.91 Å². The van der Waals surface area contributed by atoms with Gasteiger partial charge in [0.05, 0.1) is 6.54 Å². The van der Waals surface area contributed by atoms with Gasteiger partial charge in [-0.15, -0.1) is 0 Å². The summed E-state index contributed by atoms with van der Waals surface area (Å²) in [5, 5.41) is 3.43. The van der Waals surface area contributed by atoms with Crippen LogP contribution in [0.4, 0.5) is 0 Å². The van der Waals surface area contributed by atoms with E-state index in [9.17, 15) is 4.79 Å². The normalized spacial score (nSPS) is 24.3. The van der Waals surface area contributed by atoms with E-state index in [1.54, 1.807) is 0 Å². The van der Waals surface area contributed by atoms with Crippen molar-refractivity contribution in [3.8, 4) is 0 Å². The highest BCUT2D eigenvalue weighted by molar-refractivity contribution is 5.78. The van der Waals surface area contributed by atoms with Crippen LogP contribution in [0.1, 0.15) is 32.6 Å². The fraction of sp³-hybridized carbons (Fsp3) is 0.929. The zero-order valence-corrected chi connectivity index (χ0v) is 11.8. The van der Waals surface area contributed by atoms with Crippen LogP contribution in [0.2, 0.25) is 0 Å². The van der Waals surface area contributed by atoms with Crippen LogP contribution in [-0.2, 0) is 4.79 Å². The van der Waals surface area contributed by atoms with Crippen molar-refractivity contribution in [3.05, 3.63) is 0 Å². The molecule has 4 nitrogen and oxygen atoms in total. The molecule has 0 aromatic heterocycles. The number of nitrogens with one attached hydrogen (secondary N) is 1. The van der Waals surface area contributed by atoms with E-state index < -0.39 is 0 Å². The molecule has 0 bridgehead atoms.